The molecule has 15 heteroatoms. The molecule has 0 heterocycles. The summed E-state index contributed by atoms with van der Waals surface area (Å²) in [6.07, 6.45) is 1.18. The molecule has 0 aromatic heterocycles. The number of hydrogen-bond acceptors (Lipinski definition) is 13. The number of rotatable bonds is 6. The minimum absolute atomic E-state index is 0. The van der Waals surface area contributed by atoms with Gasteiger partial charge < -0.3 is 59.4 Å². The summed E-state index contributed by atoms with van der Waals surface area (Å²) in [6.45, 7) is 3.12. The van der Waals surface area contributed by atoms with Gasteiger partial charge in [0.25, 0.3) is 0 Å². The summed E-state index contributed by atoms with van der Waals surface area (Å²) in [5, 5.41) is 68.8. The summed E-state index contributed by atoms with van der Waals surface area (Å²) in [6, 6.07) is 15.5. The summed E-state index contributed by atoms with van der Waals surface area (Å²) in [5.74, 6) is -8.00. The van der Waals surface area contributed by atoms with Crippen LogP contribution in [0.4, 0.5) is 0 Å². The fourth-order valence-corrected chi connectivity index (χ4v) is 2.23. The van der Waals surface area contributed by atoms with Crippen LogP contribution in [0.25, 0.3) is 0 Å². The Morgan fingerprint density at radius 2 is 0.548 bits per heavy atom. The molecule has 0 spiro atoms. The van der Waals surface area contributed by atoms with Crippen molar-refractivity contribution in [1.29, 1.82) is 5.26 Å². The van der Waals surface area contributed by atoms with Gasteiger partial charge in [0.15, 0.2) is 0 Å². The predicted molar refractivity (Wildman–Crippen MR) is 133 cm³/mol. The first-order chi connectivity index (χ1) is 18.7. The van der Waals surface area contributed by atoms with Gasteiger partial charge in [-0.1, -0.05) is 79.4 Å². The van der Waals surface area contributed by atoms with Gasteiger partial charge in [-0.2, -0.15) is 5.26 Å². The zero-order chi connectivity index (χ0) is 30.8. The van der Waals surface area contributed by atoms with Crippen LogP contribution in [0, 0.1) is 11.3 Å². The molecule has 0 aliphatic rings. The van der Waals surface area contributed by atoms with E-state index in [1.165, 1.54) is 6.08 Å². The molecule has 13 nitrogen and oxygen atoms in total. The van der Waals surface area contributed by atoms with E-state index in [-0.39, 0.29) is 68.1 Å². The van der Waals surface area contributed by atoms with Gasteiger partial charge in [-0.15, -0.1) is 0 Å². The Morgan fingerprint density at radius 1 is 0.452 bits per heavy atom. The van der Waals surface area contributed by atoms with E-state index >= 15 is 0 Å². The second-order valence-electron chi connectivity index (χ2n) is 6.79. The molecule has 0 aliphatic heterocycles. The fraction of sp³-hybridized carbons (Fsp3) is 0. The first-order valence-corrected chi connectivity index (χ1v) is 10.3. The van der Waals surface area contributed by atoms with Gasteiger partial charge in [0.2, 0.25) is 0 Å². The number of allylic oxidation sites excluding steroid dienone is 1. The van der Waals surface area contributed by atoms with Crippen LogP contribution in [0.3, 0.4) is 0 Å². The van der Waals surface area contributed by atoms with Gasteiger partial charge in [0, 0.05) is 6.08 Å². The predicted octanol–water partition coefficient (Wildman–Crippen LogP) is -4.82. The van der Waals surface area contributed by atoms with Crippen LogP contribution >= 0.6 is 0 Å². The number of carboxylic acid groups (broad SMARTS) is 6. The van der Waals surface area contributed by atoms with Gasteiger partial charge in [-0.05, 0) is 33.4 Å². The Labute approximate surface area is 259 Å². The van der Waals surface area contributed by atoms with Gasteiger partial charge in [-0.25, -0.2) is 0 Å². The van der Waals surface area contributed by atoms with Crippen molar-refractivity contribution < 1.29 is 59.4 Å². The normalized spacial score (nSPS) is 8.36. The molecule has 3 aromatic rings. The first-order valence-electron chi connectivity index (χ1n) is 10.3. The van der Waals surface area contributed by atoms with Crippen molar-refractivity contribution >= 4 is 70.5 Å². The molecule has 0 atom stereocenters. The number of carbonyl (C=O) groups is 6. The van der Waals surface area contributed by atoms with Crippen LogP contribution in [0.5, 0.6) is 0 Å². The number of nitrogens with zero attached hydrogens (tertiary/aromatic N) is 1. The van der Waals surface area contributed by atoms with E-state index in [1.807, 2.05) is 0 Å². The number of carboxylic acids is 6. The summed E-state index contributed by atoms with van der Waals surface area (Å²) in [4.78, 5) is 61.2. The molecule has 0 fully saturated rings. The van der Waals surface area contributed by atoms with Crippen molar-refractivity contribution in [3.8, 4) is 6.07 Å². The van der Waals surface area contributed by atoms with Crippen LogP contribution in [0.15, 0.2) is 85.5 Å². The third kappa shape index (κ3) is 16.0. The van der Waals surface area contributed by atoms with Gasteiger partial charge in [0.05, 0.1) is 41.9 Å². The largest absolute Gasteiger partial charge is 3.00 e. The van der Waals surface area contributed by atoms with Gasteiger partial charge in [0.1, 0.15) is 0 Å². The maximum absolute atomic E-state index is 10.2. The van der Waals surface area contributed by atoms with Crippen LogP contribution in [0.2, 0.25) is 0 Å². The number of nitriles is 1. The van der Waals surface area contributed by atoms with Gasteiger partial charge in [-0.3, -0.25) is 0 Å². The van der Waals surface area contributed by atoms with Crippen molar-refractivity contribution in [2.45, 2.75) is 0 Å². The molecular formula is C27H15Al2NO12. The average Bonchev–Trinajstić information content (AvgIpc) is 2.93. The molecule has 0 amide bonds. The van der Waals surface area contributed by atoms with Gasteiger partial charge >= 0.3 is 34.7 Å². The maximum Gasteiger partial charge on any atom is 3.00 e. The van der Waals surface area contributed by atoms with E-state index < -0.39 is 35.8 Å². The molecule has 3 rings (SSSR count). The van der Waals surface area contributed by atoms with Crippen molar-refractivity contribution in [3.63, 3.8) is 0 Å². The quantitative estimate of drug-likeness (QED) is 0.190. The Morgan fingerprint density at radius 3 is 0.595 bits per heavy atom. The topological polar surface area (TPSA) is 265 Å². The summed E-state index contributed by atoms with van der Waals surface area (Å²) >= 11 is 0. The third-order valence-electron chi connectivity index (χ3n) is 4.16. The Balaban J connectivity index is -0.000000499. The smallest absolute Gasteiger partial charge is 0.545 e. The molecule has 0 aliphatic carbocycles. The van der Waals surface area contributed by atoms with Crippen LogP contribution in [0.1, 0.15) is 62.1 Å². The average molecular weight is 599 g/mol. The second-order valence-corrected chi connectivity index (χ2v) is 6.79. The Bertz CT molecular complexity index is 1150. The van der Waals surface area contributed by atoms with E-state index in [0.29, 0.717) is 0 Å². The molecule has 0 N–H and O–H groups in total. The molecule has 0 saturated carbocycles. The zero-order valence-corrected chi connectivity index (χ0v) is 23.5. The Kier molecular flexibility index (Phi) is 21.2. The molecular weight excluding hydrogens is 584 g/mol. The standard InChI is InChI=1S/3C8H6O4.C3H3N.2Al/c3*9-7(10)5-1-2-6(4-3-5)8(11)12;1-2-3-4;;/h3*1-4H,(H,9,10)(H,11,12);2H,1H2;;/q;;;;2*+3/p-6. The summed E-state index contributed by atoms with van der Waals surface area (Å²) in [5.41, 5.74) is -0.333. The molecule has 3 aromatic carbocycles. The van der Waals surface area contributed by atoms with Crippen LogP contribution in [-0.4, -0.2) is 70.5 Å². The molecule has 0 radical (unpaired) electrons. The Hall–Kier alpha value is -5.23. The SMILES string of the molecule is C=CC#N.O=C([O-])c1ccc(C(=O)[O-])cc1.O=C([O-])c1ccc(C(=O)[O-])cc1.O=C([O-])c1ccc(C(=O)[O-])cc1.[Al+3].[Al+3]. The maximum atomic E-state index is 10.2. The first kappa shape index (κ1) is 41.3. The summed E-state index contributed by atoms with van der Waals surface area (Å²) < 4.78 is 0. The van der Waals surface area contributed by atoms with E-state index in [1.54, 1.807) is 6.07 Å². The molecule has 206 valence electrons. The minimum atomic E-state index is -1.33. The van der Waals surface area contributed by atoms with Crippen LogP contribution < -0.4 is 30.6 Å². The monoisotopic (exact) mass is 599 g/mol. The van der Waals surface area contributed by atoms with Crippen molar-refractivity contribution in [3.05, 3.63) is 119 Å². The van der Waals surface area contributed by atoms with E-state index in [9.17, 15) is 59.4 Å². The molecule has 0 unspecified atom stereocenters. The minimum Gasteiger partial charge on any atom is -0.545 e. The van der Waals surface area contributed by atoms with Crippen molar-refractivity contribution in [2.75, 3.05) is 0 Å². The molecule has 0 saturated heterocycles. The van der Waals surface area contributed by atoms with Crippen LogP contribution in [-0.2, 0) is 0 Å². The van der Waals surface area contributed by atoms with Crippen molar-refractivity contribution in [2.24, 2.45) is 0 Å². The number of hydrogen-bond donors (Lipinski definition) is 0. The number of benzene rings is 3. The summed E-state index contributed by atoms with van der Waals surface area (Å²) in [7, 11) is 0. The van der Waals surface area contributed by atoms with E-state index in [4.69, 9.17) is 5.26 Å². The van der Waals surface area contributed by atoms with E-state index in [2.05, 4.69) is 6.58 Å². The third-order valence-corrected chi connectivity index (χ3v) is 4.16. The second kappa shape index (κ2) is 21.6. The molecule has 0 bridgehead atoms. The van der Waals surface area contributed by atoms with E-state index in [0.717, 1.165) is 72.8 Å². The zero-order valence-electron chi connectivity index (χ0n) is 21.2. The van der Waals surface area contributed by atoms with Crippen molar-refractivity contribution in [1.82, 2.24) is 0 Å². The fourth-order valence-electron chi connectivity index (χ4n) is 2.23. The number of aromatic carboxylic acids is 6. The molecule has 42 heavy (non-hydrogen) atoms. The number of carbonyl (C=O) groups excluding carboxylic acids is 6.